The molecule has 3 rings (SSSR count). The number of carbonyl (C=O) groups excluding carboxylic acids is 1. The Hall–Kier alpha value is -1.80. The highest BCUT2D eigenvalue weighted by Crippen LogP contribution is 2.25. The SMILES string of the molecule is O=C(c1ccccc1Cl)N1CCCC1Cc1ccccc1. The predicted octanol–water partition coefficient (Wildman–Crippen LogP) is 4.19. The van der Waals surface area contributed by atoms with Gasteiger partial charge in [-0.3, -0.25) is 4.79 Å². The molecule has 1 amide bonds. The van der Waals surface area contributed by atoms with Crippen LogP contribution in [0, 0.1) is 0 Å². The van der Waals surface area contributed by atoms with Gasteiger partial charge in [0.15, 0.2) is 0 Å². The van der Waals surface area contributed by atoms with Crippen molar-refractivity contribution in [2.45, 2.75) is 25.3 Å². The zero-order valence-electron chi connectivity index (χ0n) is 11.8. The first-order chi connectivity index (χ1) is 10.3. The zero-order chi connectivity index (χ0) is 14.7. The van der Waals surface area contributed by atoms with Crippen molar-refractivity contribution in [3.63, 3.8) is 0 Å². The fourth-order valence-electron chi connectivity index (χ4n) is 2.99. The van der Waals surface area contributed by atoms with Crippen molar-refractivity contribution >= 4 is 17.5 Å². The molecule has 0 radical (unpaired) electrons. The number of halogens is 1. The van der Waals surface area contributed by atoms with Crippen molar-refractivity contribution in [1.82, 2.24) is 4.90 Å². The maximum atomic E-state index is 12.7. The van der Waals surface area contributed by atoms with Gasteiger partial charge in [0.1, 0.15) is 0 Å². The summed E-state index contributed by atoms with van der Waals surface area (Å²) in [5.41, 5.74) is 1.89. The van der Waals surface area contributed by atoms with Crippen molar-refractivity contribution in [2.24, 2.45) is 0 Å². The molecule has 0 saturated carbocycles. The standard InChI is InChI=1S/C18H18ClNO/c19-17-11-5-4-10-16(17)18(21)20-12-6-9-15(20)13-14-7-2-1-3-8-14/h1-5,7-8,10-11,15H,6,9,12-13H2. The summed E-state index contributed by atoms with van der Waals surface area (Å²) in [6.45, 7) is 0.821. The monoisotopic (exact) mass is 299 g/mol. The molecule has 1 aliphatic heterocycles. The number of hydrogen-bond donors (Lipinski definition) is 0. The number of hydrogen-bond acceptors (Lipinski definition) is 1. The first-order valence-corrected chi connectivity index (χ1v) is 7.73. The van der Waals surface area contributed by atoms with E-state index >= 15 is 0 Å². The molecule has 1 unspecified atom stereocenters. The second kappa shape index (κ2) is 6.31. The van der Waals surface area contributed by atoms with Gasteiger partial charge in [-0.2, -0.15) is 0 Å². The first kappa shape index (κ1) is 14.2. The maximum Gasteiger partial charge on any atom is 0.255 e. The molecule has 1 atom stereocenters. The van der Waals surface area contributed by atoms with Crippen LogP contribution in [0.5, 0.6) is 0 Å². The zero-order valence-corrected chi connectivity index (χ0v) is 12.6. The number of amides is 1. The molecule has 1 aliphatic rings. The Morgan fingerprint density at radius 3 is 2.57 bits per heavy atom. The first-order valence-electron chi connectivity index (χ1n) is 7.35. The van der Waals surface area contributed by atoms with E-state index in [-0.39, 0.29) is 11.9 Å². The van der Waals surface area contributed by atoms with Crippen LogP contribution in [-0.2, 0) is 6.42 Å². The minimum absolute atomic E-state index is 0.0547. The molecule has 0 spiro atoms. The molecular weight excluding hydrogens is 282 g/mol. The summed E-state index contributed by atoms with van der Waals surface area (Å²) in [7, 11) is 0. The van der Waals surface area contributed by atoms with E-state index in [9.17, 15) is 4.79 Å². The highest BCUT2D eigenvalue weighted by molar-refractivity contribution is 6.33. The molecule has 1 heterocycles. The molecule has 0 aromatic heterocycles. The third kappa shape index (κ3) is 3.11. The number of benzene rings is 2. The molecule has 0 N–H and O–H groups in total. The molecule has 0 bridgehead atoms. The molecular formula is C18H18ClNO. The average molecular weight is 300 g/mol. The van der Waals surface area contributed by atoms with Crippen molar-refractivity contribution in [3.8, 4) is 0 Å². The normalized spacial score (nSPS) is 18.0. The predicted molar refractivity (Wildman–Crippen MR) is 85.7 cm³/mol. The largest absolute Gasteiger partial charge is 0.335 e. The van der Waals surface area contributed by atoms with Crippen molar-refractivity contribution in [3.05, 3.63) is 70.7 Å². The van der Waals surface area contributed by atoms with Crippen LogP contribution in [0.4, 0.5) is 0 Å². The Labute approximate surface area is 130 Å². The van der Waals surface area contributed by atoms with Gasteiger partial charge in [-0.25, -0.2) is 0 Å². The van der Waals surface area contributed by atoms with Gasteiger partial charge in [0.2, 0.25) is 0 Å². The van der Waals surface area contributed by atoms with Crippen LogP contribution < -0.4 is 0 Å². The van der Waals surface area contributed by atoms with E-state index in [0.29, 0.717) is 10.6 Å². The van der Waals surface area contributed by atoms with Gasteiger partial charge in [0.25, 0.3) is 5.91 Å². The molecule has 1 saturated heterocycles. The summed E-state index contributed by atoms with van der Waals surface area (Å²) in [6.07, 6.45) is 3.04. The molecule has 21 heavy (non-hydrogen) atoms. The number of nitrogens with zero attached hydrogens (tertiary/aromatic N) is 1. The lowest BCUT2D eigenvalue weighted by Gasteiger charge is -2.25. The van der Waals surface area contributed by atoms with Crippen molar-refractivity contribution in [1.29, 1.82) is 0 Å². The summed E-state index contributed by atoms with van der Waals surface area (Å²) in [6, 6.07) is 17.9. The molecule has 2 aromatic rings. The van der Waals surface area contributed by atoms with Gasteiger partial charge in [-0.1, -0.05) is 54.1 Å². The summed E-state index contributed by atoms with van der Waals surface area (Å²) in [5, 5.41) is 0.535. The highest BCUT2D eigenvalue weighted by Gasteiger charge is 2.30. The molecule has 3 heteroatoms. The smallest absolute Gasteiger partial charge is 0.255 e. The van der Waals surface area contributed by atoms with E-state index in [2.05, 4.69) is 12.1 Å². The van der Waals surface area contributed by atoms with Gasteiger partial charge >= 0.3 is 0 Å². The lowest BCUT2D eigenvalue weighted by atomic mass is 10.0. The number of rotatable bonds is 3. The van der Waals surface area contributed by atoms with Crippen LogP contribution in [0.15, 0.2) is 54.6 Å². The molecule has 1 fully saturated rings. The van der Waals surface area contributed by atoms with E-state index in [1.54, 1.807) is 6.07 Å². The van der Waals surface area contributed by atoms with E-state index in [4.69, 9.17) is 11.6 Å². The second-order valence-corrected chi connectivity index (χ2v) is 5.87. The minimum atomic E-state index is 0.0547. The van der Waals surface area contributed by atoms with Gasteiger partial charge in [0.05, 0.1) is 10.6 Å². The Morgan fingerprint density at radius 1 is 1.10 bits per heavy atom. The van der Waals surface area contributed by atoms with Gasteiger partial charge < -0.3 is 4.90 Å². The quantitative estimate of drug-likeness (QED) is 0.832. The Morgan fingerprint density at radius 2 is 1.81 bits per heavy atom. The Kier molecular flexibility index (Phi) is 4.26. The molecule has 2 nitrogen and oxygen atoms in total. The van der Waals surface area contributed by atoms with E-state index in [0.717, 1.165) is 25.8 Å². The third-order valence-corrected chi connectivity index (χ3v) is 4.39. The lowest BCUT2D eigenvalue weighted by Crippen LogP contribution is -2.36. The molecule has 0 aliphatic carbocycles. The van der Waals surface area contributed by atoms with Gasteiger partial charge in [-0.15, -0.1) is 0 Å². The topological polar surface area (TPSA) is 20.3 Å². The average Bonchev–Trinajstić information content (AvgIpc) is 2.96. The molecule has 108 valence electrons. The fraction of sp³-hybridized carbons (Fsp3) is 0.278. The van der Waals surface area contributed by atoms with Gasteiger partial charge in [0, 0.05) is 12.6 Å². The molecule has 2 aromatic carbocycles. The Bertz CT molecular complexity index is 626. The fourth-order valence-corrected chi connectivity index (χ4v) is 3.21. The van der Waals surface area contributed by atoms with E-state index in [1.807, 2.05) is 41.3 Å². The number of likely N-dealkylation sites (tertiary alicyclic amines) is 1. The summed E-state index contributed by atoms with van der Waals surface area (Å²) < 4.78 is 0. The van der Waals surface area contributed by atoms with Crippen LogP contribution in [0.3, 0.4) is 0 Å². The van der Waals surface area contributed by atoms with Crippen LogP contribution in [-0.4, -0.2) is 23.4 Å². The lowest BCUT2D eigenvalue weighted by molar-refractivity contribution is 0.0736. The summed E-state index contributed by atoms with van der Waals surface area (Å²) >= 11 is 6.16. The van der Waals surface area contributed by atoms with E-state index < -0.39 is 0 Å². The Balaban J connectivity index is 1.78. The van der Waals surface area contributed by atoms with Crippen LogP contribution in [0.2, 0.25) is 5.02 Å². The number of carbonyl (C=O) groups is 1. The van der Waals surface area contributed by atoms with E-state index in [1.165, 1.54) is 5.56 Å². The minimum Gasteiger partial charge on any atom is -0.335 e. The third-order valence-electron chi connectivity index (χ3n) is 4.06. The highest BCUT2D eigenvalue weighted by atomic mass is 35.5. The van der Waals surface area contributed by atoms with Crippen molar-refractivity contribution in [2.75, 3.05) is 6.54 Å². The van der Waals surface area contributed by atoms with Crippen molar-refractivity contribution < 1.29 is 4.79 Å². The second-order valence-electron chi connectivity index (χ2n) is 5.46. The van der Waals surface area contributed by atoms with Gasteiger partial charge in [-0.05, 0) is 37.0 Å². The maximum absolute atomic E-state index is 12.7. The van der Waals surface area contributed by atoms with Crippen LogP contribution in [0.25, 0.3) is 0 Å². The summed E-state index contributed by atoms with van der Waals surface area (Å²) in [5.74, 6) is 0.0547. The van der Waals surface area contributed by atoms with Crippen LogP contribution >= 0.6 is 11.6 Å². The summed E-state index contributed by atoms with van der Waals surface area (Å²) in [4.78, 5) is 14.7. The van der Waals surface area contributed by atoms with Crippen LogP contribution in [0.1, 0.15) is 28.8 Å².